The largest absolute Gasteiger partial charge is 0.368 e. The lowest BCUT2D eigenvalue weighted by Gasteiger charge is -2.39. The number of nitrogens with two attached hydrogens (primary N) is 1. The van der Waals surface area contributed by atoms with E-state index in [1.165, 1.54) is 25.9 Å². The summed E-state index contributed by atoms with van der Waals surface area (Å²) in [7, 11) is 4.47. The van der Waals surface area contributed by atoms with E-state index >= 15 is 0 Å². The van der Waals surface area contributed by atoms with Gasteiger partial charge in [-0.05, 0) is 61.2 Å². The van der Waals surface area contributed by atoms with Crippen LogP contribution in [0.1, 0.15) is 40.5 Å². The maximum Gasteiger partial charge on any atom is 0.0788 e. The topological polar surface area (TPSA) is 41.7 Å². The van der Waals surface area contributed by atoms with Crippen LogP contribution in [-0.2, 0) is 4.74 Å². The highest BCUT2D eigenvalue weighted by Crippen LogP contribution is 2.41. The molecule has 3 atom stereocenters. The van der Waals surface area contributed by atoms with Gasteiger partial charge in [-0.15, -0.1) is 0 Å². The molecule has 0 aromatic heterocycles. The Morgan fingerprint density at radius 1 is 1.25 bits per heavy atom. The van der Waals surface area contributed by atoms with Gasteiger partial charge in [0.25, 0.3) is 0 Å². The van der Waals surface area contributed by atoms with Gasteiger partial charge in [0.15, 0.2) is 0 Å². The fraction of sp³-hybridized carbons (Fsp3) is 1.00. The van der Waals surface area contributed by atoms with Crippen LogP contribution in [0.15, 0.2) is 0 Å². The van der Waals surface area contributed by atoms with E-state index in [0.717, 1.165) is 6.54 Å². The van der Waals surface area contributed by atoms with Crippen molar-refractivity contribution in [2.75, 3.05) is 33.7 Å². The van der Waals surface area contributed by atoms with Gasteiger partial charge in [-0.25, -0.2) is 0 Å². The van der Waals surface area contributed by atoms with E-state index in [1.807, 2.05) is 0 Å². The van der Waals surface area contributed by atoms with Crippen molar-refractivity contribution in [1.29, 1.82) is 0 Å². The lowest BCUT2D eigenvalue weighted by molar-refractivity contribution is -0.0790. The first-order valence-corrected chi connectivity index (χ1v) is 7.98. The van der Waals surface area contributed by atoms with E-state index < -0.39 is 0 Å². The summed E-state index contributed by atoms with van der Waals surface area (Å²) in [6, 6.07) is 0.752. The average molecular weight is 283 g/mol. The van der Waals surface area contributed by atoms with Crippen LogP contribution in [0.5, 0.6) is 0 Å². The van der Waals surface area contributed by atoms with Crippen molar-refractivity contribution < 1.29 is 4.74 Å². The predicted octanol–water partition coefficient (Wildman–Crippen LogP) is 1.54. The van der Waals surface area contributed by atoms with Crippen molar-refractivity contribution in [3.63, 3.8) is 0 Å². The van der Waals surface area contributed by atoms with Crippen LogP contribution < -0.4 is 5.73 Å². The number of hydrogen-bond acceptors (Lipinski definition) is 4. The van der Waals surface area contributed by atoms with Crippen molar-refractivity contribution >= 4 is 0 Å². The first kappa shape index (κ1) is 16.2. The normalized spacial score (nSPS) is 37.5. The van der Waals surface area contributed by atoms with Crippen LogP contribution in [0.25, 0.3) is 0 Å². The lowest BCUT2D eigenvalue weighted by Crippen LogP contribution is -2.52. The summed E-state index contributed by atoms with van der Waals surface area (Å²) in [5.41, 5.74) is 6.11. The molecule has 0 aromatic rings. The molecule has 0 aliphatic carbocycles. The molecule has 20 heavy (non-hydrogen) atoms. The Morgan fingerprint density at radius 2 is 1.90 bits per heavy atom. The molecule has 2 rings (SSSR count). The number of hydrogen-bond donors (Lipinski definition) is 1. The average Bonchev–Trinajstić information content (AvgIpc) is 2.47. The van der Waals surface area contributed by atoms with Crippen molar-refractivity contribution in [3.8, 4) is 0 Å². The molecule has 118 valence electrons. The van der Waals surface area contributed by atoms with Crippen LogP contribution in [0, 0.1) is 5.92 Å². The molecule has 2 saturated heterocycles. The summed E-state index contributed by atoms with van der Waals surface area (Å²) in [5, 5.41) is 0. The van der Waals surface area contributed by atoms with Crippen LogP contribution >= 0.6 is 0 Å². The minimum absolute atomic E-state index is 0.0984. The van der Waals surface area contributed by atoms with Gasteiger partial charge in [-0.2, -0.15) is 0 Å². The summed E-state index contributed by atoms with van der Waals surface area (Å²) in [4.78, 5) is 4.94. The SMILES string of the molecule is CN1CCCC(N(C)CC2C(N)C(C)(C)OC2(C)C)C1. The number of likely N-dealkylation sites (N-methyl/N-ethyl adjacent to an activating group) is 2. The Bertz CT molecular complexity index is 343. The Hall–Kier alpha value is -0.160. The van der Waals surface area contributed by atoms with Gasteiger partial charge in [0.2, 0.25) is 0 Å². The lowest BCUT2D eigenvalue weighted by atomic mass is 9.82. The minimum Gasteiger partial charge on any atom is -0.368 e. The van der Waals surface area contributed by atoms with Gasteiger partial charge in [-0.1, -0.05) is 0 Å². The summed E-state index contributed by atoms with van der Waals surface area (Å²) in [6.45, 7) is 12.0. The quantitative estimate of drug-likeness (QED) is 0.853. The fourth-order valence-electron chi connectivity index (χ4n) is 4.03. The monoisotopic (exact) mass is 283 g/mol. The molecule has 3 unspecified atom stereocenters. The van der Waals surface area contributed by atoms with Gasteiger partial charge < -0.3 is 20.3 Å². The maximum atomic E-state index is 6.48. The zero-order chi connectivity index (χ0) is 15.1. The zero-order valence-electron chi connectivity index (χ0n) is 14.1. The maximum absolute atomic E-state index is 6.48. The standard InChI is InChI=1S/C16H33N3O/c1-15(2)13(14(17)16(3,4)20-15)11-19(6)12-8-7-9-18(5)10-12/h12-14H,7-11,17H2,1-6H3. The van der Waals surface area contributed by atoms with Gasteiger partial charge in [0.05, 0.1) is 11.2 Å². The molecule has 2 aliphatic heterocycles. The first-order valence-electron chi connectivity index (χ1n) is 7.98. The summed E-state index contributed by atoms with van der Waals surface area (Å²) >= 11 is 0. The number of likely N-dealkylation sites (tertiary alicyclic amines) is 1. The van der Waals surface area contributed by atoms with E-state index in [-0.39, 0.29) is 17.2 Å². The Morgan fingerprint density at radius 3 is 2.40 bits per heavy atom. The molecule has 0 spiro atoms. The molecular formula is C16H33N3O. The Kier molecular flexibility index (Phi) is 4.51. The molecule has 2 fully saturated rings. The molecule has 2 aliphatic rings. The number of rotatable bonds is 3. The van der Waals surface area contributed by atoms with Crippen molar-refractivity contribution in [2.45, 2.75) is 63.8 Å². The highest BCUT2D eigenvalue weighted by atomic mass is 16.5. The summed E-state index contributed by atoms with van der Waals surface area (Å²) in [6.07, 6.45) is 2.60. The van der Waals surface area contributed by atoms with E-state index in [0.29, 0.717) is 12.0 Å². The summed E-state index contributed by atoms with van der Waals surface area (Å²) < 4.78 is 6.21. The summed E-state index contributed by atoms with van der Waals surface area (Å²) in [5.74, 6) is 0.384. The Balaban J connectivity index is 2.01. The second kappa shape index (κ2) is 5.56. The molecule has 0 bridgehead atoms. The van der Waals surface area contributed by atoms with Gasteiger partial charge >= 0.3 is 0 Å². The molecule has 0 amide bonds. The second-order valence-corrected chi connectivity index (χ2v) is 7.94. The molecule has 4 nitrogen and oxygen atoms in total. The van der Waals surface area contributed by atoms with Crippen LogP contribution in [0.2, 0.25) is 0 Å². The first-order chi connectivity index (χ1) is 9.13. The fourth-order valence-corrected chi connectivity index (χ4v) is 4.03. The third-order valence-electron chi connectivity index (χ3n) is 5.36. The Labute approximate surface area is 124 Å². The molecule has 0 radical (unpaired) electrons. The molecule has 0 saturated carbocycles. The second-order valence-electron chi connectivity index (χ2n) is 7.94. The number of ether oxygens (including phenoxy) is 1. The molecular weight excluding hydrogens is 250 g/mol. The van der Waals surface area contributed by atoms with Crippen molar-refractivity contribution in [1.82, 2.24) is 9.80 Å². The van der Waals surface area contributed by atoms with E-state index in [2.05, 4.69) is 51.6 Å². The number of nitrogens with zero attached hydrogens (tertiary/aromatic N) is 2. The van der Waals surface area contributed by atoms with E-state index in [4.69, 9.17) is 10.5 Å². The molecule has 2 N–H and O–H groups in total. The molecule has 0 aromatic carbocycles. The smallest absolute Gasteiger partial charge is 0.0788 e. The predicted molar refractivity (Wildman–Crippen MR) is 83.9 cm³/mol. The highest BCUT2D eigenvalue weighted by molar-refractivity contribution is 5.05. The van der Waals surface area contributed by atoms with Crippen molar-refractivity contribution in [2.24, 2.45) is 11.7 Å². The van der Waals surface area contributed by atoms with E-state index in [9.17, 15) is 0 Å². The van der Waals surface area contributed by atoms with Crippen molar-refractivity contribution in [3.05, 3.63) is 0 Å². The minimum atomic E-state index is -0.224. The van der Waals surface area contributed by atoms with Crippen LogP contribution in [-0.4, -0.2) is 66.8 Å². The van der Waals surface area contributed by atoms with Gasteiger partial charge in [-0.3, -0.25) is 0 Å². The van der Waals surface area contributed by atoms with Gasteiger partial charge in [0.1, 0.15) is 0 Å². The number of piperidine rings is 1. The van der Waals surface area contributed by atoms with Gasteiger partial charge in [0, 0.05) is 31.1 Å². The third kappa shape index (κ3) is 3.19. The molecule has 2 heterocycles. The van der Waals surface area contributed by atoms with Crippen LogP contribution in [0.4, 0.5) is 0 Å². The van der Waals surface area contributed by atoms with Crippen LogP contribution in [0.3, 0.4) is 0 Å². The zero-order valence-corrected chi connectivity index (χ0v) is 14.1. The molecule has 4 heteroatoms. The highest BCUT2D eigenvalue weighted by Gasteiger charge is 2.52. The third-order valence-corrected chi connectivity index (χ3v) is 5.36. The van der Waals surface area contributed by atoms with E-state index in [1.54, 1.807) is 0 Å².